The van der Waals surface area contributed by atoms with E-state index in [1.807, 2.05) is 0 Å². The van der Waals surface area contributed by atoms with Gasteiger partial charge in [0.25, 0.3) is 0 Å². The van der Waals surface area contributed by atoms with Crippen LogP contribution in [0.3, 0.4) is 0 Å². The van der Waals surface area contributed by atoms with E-state index in [-0.39, 0.29) is 13.0 Å². The fourth-order valence-electron chi connectivity index (χ4n) is 0.627. The van der Waals surface area contributed by atoms with Crippen molar-refractivity contribution in [2.75, 3.05) is 6.61 Å². The van der Waals surface area contributed by atoms with E-state index in [0.717, 1.165) is 0 Å². The molecule has 0 aliphatic rings. The normalized spacial score (nSPS) is 17.5. The minimum absolute atomic E-state index is 0.0445. The van der Waals surface area contributed by atoms with Crippen molar-refractivity contribution in [2.45, 2.75) is 31.2 Å². The Morgan fingerprint density at radius 3 is 2.08 bits per heavy atom. The third kappa shape index (κ3) is 4.53. The minimum Gasteiger partial charge on any atom is -0.395 e. The molecule has 0 aliphatic carbocycles. The van der Waals surface area contributed by atoms with Crippen LogP contribution in [0.25, 0.3) is 0 Å². The smallest absolute Gasteiger partial charge is 0.395 e. The van der Waals surface area contributed by atoms with Gasteiger partial charge < -0.3 is 15.9 Å². The fraction of sp³-hybridized carbons (Fsp3) is 1.00. The number of hydrogen-bond donors (Lipinski definition) is 3. The van der Waals surface area contributed by atoms with Gasteiger partial charge in [-0.15, -0.1) is 0 Å². The topological polar surface area (TPSA) is 66.5 Å². The molecule has 0 amide bonds. The fourth-order valence-corrected chi connectivity index (χ4v) is 0.627. The van der Waals surface area contributed by atoms with E-state index in [2.05, 4.69) is 0 Å². The summed E-state index contributed by atoms with van der Waals surface area (Å²) in [5.74, 6) is 0. The van der Waals surface area contributed by atoms with Gasteiger partial charge in [0.2, 0.25) is 0 Å². The molecule has 0 aromatic heterocycles. The van der Waals surface area contributed by atoms with Gasteiger partial charge >= 0.3 is 6.18 Å². The lowest BCUT2D eigenvalue weighted by molar-refractivity contribution is -0.205. The van der Waals surface area contributed by atoms with Gasteiger partial charge in [-0.1, -0.05) is 0 Å². The number of rotatable bonds is 4. The Bertz CT molecular complexity index is 128. The second-order valence-electron chi connectivity index (χ2n) is 2.58. The van der Waals surface area contributed by atoms with E-state index < -0.39 is 24.7 Å². The summed E-state index contributed by atoms with van der Waals surface area (Å²) in [4.78, 5) is 0. The first-order valence-electron chi connectivity index (χ1n) is 3.49. The van der Waals surface area contributed by atoms with Gasteiger partial charge in [0.05, 0.1) is 6.61 Å². The molecule has 0 unspecified atom stereocenters. The summed E-state index contributed by atoms with van der Waals surface area (Å²) in [6.45, 7) is -0.370. The van der Waals surface area contributed by atoms with Crippen LogP contribution in [0.5, 0.6) is 0 Å². The second kappa shape index (κ2) is 4.64. The van der Waals surface area contributed by atoms with Crippen molar-refractivity contribution >= 4 is 0 Å². The first kappa shape index (κ1) is 11.7. The number of nitrogens with two attached hydrogens (primary N) is 1. The highest BCUT2D eigenvalue weighted by Gasteiger charge is 2.37. The Balaban J connectivity index is 3.64. The average Bonchev–Trinajstić information content (AvgIpc) is 1.97. The summed E-state index contributed by atoms with van der Waals surface area (Å²) in [6, 6.07) is -0.693. The molecule has 0 aliphatic heterocycles. The molecule has 74 valence electrons. The van der Waals surface area contributed by atoms with E-state index >= 15 is 0 Å². The Hall–Kier alpha value is -0.330. The Morgan fingerprint density at radius 1 is 1.25 bits per heavy atom. The van der Waals surface area contributed by atoms with Crippen molar-refractivity contribution in [2.24, 2.45) is 5.73 Å². The second-order valence-corrected chi connectivity index (χ2v) is 2.58. The number of aliphatic hydroxyl groups excluding tert-OH is 2. The largest absolute Gasteiger partial charge is 0.414 e. The van der Waals surface area contributed by atoms with Crippen LogP contribution in [-0.4, -0.2) is 35.1 Å². The summed E-state index contributed by atoms with van der Waals surface area (Å²) in [5, 5.41) is 16.8. The summed E-state index contributed by atoms with van der Waals surface area (Å²) in [6.07, 6.45) is -7.44. The average molecular weight is 187 g/mol. The van der Waals surface area contributed by atoms with Crippen LogP contribution in [0.4, 0.5) is 13.2 Å². The maximum Gasteiger partial charge on any atom is 0.414 e. The molecule has 2 atom stereocenters. The molecule has 0 rings (SSSR count). The first-order chi connectivity index (χ1) is 5.38. The summed E-state index contributed by atoms with van der Waals surface area (Å²) >= 11 is 0. The predicted molar refractivity (Wildman–Crippen MR) is 36.4 cm³/mol. The molecule has 0 saturated heterocycles. The molecule has 0 spiro atoms. The molecule has 0 fully saturated rings. The zero-order valence-electron chi connectivity index (χ0n) is 6.38. The molecule has 12 heavy (non-hydrogen) atoms. The van der Waals surface area contributed by atoms with E-state index in [1.165, 1.54) is 0 Å². The highest BCUT2D eigenvalue weighted by atomic mass is 19.4. The molecule has 6 heteroatoms. The highest BCUT2D eigenvalue weighted by molar-refractivity contribution is 4.68. The quantitative estimate of drug-likeness (QED) is 0.580. The van der Waals surface area contributed by atoms with Crippen molar-refractivity contribution in [3.05, 3.63) is 0 Å². The Kier molecular flexibility index (Phi) is 4.51. The maximum absolute atomic E-state index is 11.7. The number of halogens is 3. The summed E-state index contributed by atoms with van der Waals surface area (Å²) in [5.41, 5.74) is 5.14. The van der Waals surface area contributed by atoms with Gasteiger partial charge in [-0.05, 0) is 12.8 Å². The van der Waals surface area contributed by atoms with Gasteiger partial charge in [0.15, 0.2) is 0 Å². The SMILES string of the molecule is N[C@@H](CO)CC[C@@H](O)C(F)(F)F. The standard InChI is InChI=1S/C6H12F3NO2/c7-6(8,9)5(12)2-1-4(10)3-11/h4-5,11-12H,1-3,10H2/t4-,5-/m1/s1. The number of alkyl halides is 3. The third-order valence-electron chi connectivity index (χ3n) is 1.42. The van der Waals surface area contributed by atoms with Gasteiger partial charge in [0, 0.05) is 6.04 Å². The first-order valence-corrected chi connectivity index (χ1v) is 3.49. The zero-order valence-corrected chi connectivity index (χ0v) is 6.38. The van der Waals surface area contributed by atoms with Crippen LogP contribution < -0.4 is 5.73 Å². The van der Waals surface area contributed by atoms with Crippen LogP contribution in [0, 0.1) is 0 Å². The molecule has 0 radical (unpaired) electrons. The molecule has 0 saturated carbocycles. The van der Waals surface area contributed by atoms with Crippen LogP contribution in [0.15, 0.2) is 0 Å². The Morgan fingerprint density at radius 2 is 1.75 bits per heavy atom. The zero-order chi connectivity index (χ0) is 9.78. The lowest BCUT2D eigenvalue weighted by Crippen LogP contribution is -2.32. The van der Waals surface area contributed by atoms with E-state index in [4.69, 9.17) is 15.9 Å². The van der Waals surface area contributed by atoms with Crippen molar-refractivity contribution in [3.63, 3.8) is 0 Å². The third-order valence-corrected chi connectivity index (χ3v) is 1.42. The number of hydrogen-bond acceptors (Lipinski definition) is 3. The molecule has 3 nitrogen and oxygen atoms in total. The van der Waals surface area contributed by atoms with Gasteiger partial charge in [0.1, 0.15) is 6.10 Å². The minimum atomic E-state index is -4.59. The predicted octanol–water partition coefficient (Wildman–Crippen LogP) is 0.00940. The monoisotopic (exact) mass is 187 g/mol. The Labute approximate surface area is 68.0 Å². The van der Waals surface area contributed by atoms with Crippen molar-refractivity contribution in [1.29, 1.82) is 0 Å². The van der Waals surface area contributed by atoms with Crippen LogP contribution in [0.1, 0.15) is 12.8 Å². The maximum atomic E-state index is 11.7. The molecule has 0 heterocycles. The van der Waals surface area contributed by atoms with Crippen LogP contribution in [-0.2, 0) is 0 Å². The van der Waals surface area contributed by atoms with Crippen LogP contribution >= 0.6 is 0 Å². The molecule has 4 N–H and O–H groups in total. The van der Waals surface area contributed by atoms with Gasteiger partial charge in [-0.3, -0.25) is 0 Å². The van der Waals surface area contributed by atoms with E-state index in [0.29, 0.717) is 0 Å². The lowest BCUT2D eigenvalue weighted by Gasteiger charge is -2.15. The van der Waals surface area contributed by atoms with E-state index in [9.17, 15) is 13.2 Å². The van der Waals surface area contributed by atoms with Crippen molar-refractivity contribution in [3.8, 4) is 0 Å². The molecule has 0 bridgehead atoms. The molecular formula is C6H12F3NO2. The van der Waals surface area contributed by atoms with Gasteiger partial charge in [-0.2, -0.15) is 13.2 Å². The molecule has 0 aromatic rings. The van der Waals surface area contributed by atoms with E-state index in [1.54, 1.807) is 0 Å². The molecule has 0 aromatic carbocycles. The number of aliphatic hydroxyl groups is 2. The highest BCUT2D eigenvalue weighted by Crippen LogP contribution is 2.23. The summed E-state index contributed by atoms with van der Waals surface area (Å²) in [7, 11) is 0. The van der Waals surface area contributed by atoms with Crippen LogP contribution in [0.2, 0.25) is 0 Å². The lowest BCUT2D eigenvalue weighted by atomic mass is 10.1. The van der Waals surface area contributed by atoms with Crippen molar-refractivity contribution in [1.82, 2.24) is 0 Å². The molecular weight excluding hydrogens is 175 g/mol. The summed E-state index contributed by atoms with van der Waals surface area (Å²) < 4.78 is 35.0. The van der Waals surface area contributed by atoms with Crippen molar-refractivity contribution < 1.29 is 23.4 Å². The van der Waals surface area contributed by atoms with Gasteiger partial charge in [-0.25, -0.2) is 0 Å².